The lowest BCUT2D eigenvalue weighted by Gasteiger charge is -2.06. The van der Waals surface area contributed by atoms with Crippen molar-refractivity contribution in [1.29, 1.82) is 0 Å². The normalized spacial score (nSPS) is 10.3. The number of aromatic hydroxyl groups is 1. The lowest BCUT2D eigenvalue weighted by atomic mass is 10.1. The lowest BCUT2D eigenvalue weighted by molar-refractivity contribution is 0.102. The highest BCUT2D eigenvalue weighted by molar-refractivity contribution is 6.32. The fourth-order valence-corrected chi connectivity index (χ4v) is 1.85. The summed E-state index contributed by atoms with van der Waals surface area (Å²) in [6.45, 7) is 1.70. The molecule has 0 spiro atoms. The van der Waals surface area contributed by atoms with E-state index in [0.29, 0.717) is 11.1 Å². The van der Waals surface area contributed by atoms with Crippen LogP contribution in [0.15, 0.2) is 24.3 Å². The van der Waals surface area contributed by atoms with Crippen molar-refractivity contribution >= 4 is 34.9 Å². The van der Waals surface area contributed by atoms with Crippen molar-refractivity contribution in [2.75, 3.05) is 5.32 Å². The first kappa shape index (κ1) is 13.6. The van der Waals surface area contributed by atoms with E-state index in [-0.39, 0.29) is 27.9 Å². The quantitative estimate of drug-likeness (QED) is 0.660. The van der Waals surface area contributed by atoms with Gasteiger partial charge < -0.3 is 10.4 Å². The van der Waals surface area contributed by atoms with Crippen LogP contribution in [-0.4, -0.2) is 21.0 Å². The SMILES string of the molecule is Cc1cc(C(=O)Nc2cc(Cl)nc(Cl)n2)ccc1O. The highest BCUT2D eigenvalue weighted by Crippen LogP contribution is 2.19. The number of rotatable bonds is 2. The number of amides is 1. The summed E-state index contributed by atoms with van der Waals surface area (Å²) >= 11 is 11.3. The van der Waals surface area contributed by atoms with E-state index in [1.807, 2.05) is 0 Å². The number of nitrogens with one attached hydrogen (secondary N) is 1. The van der Waals surface area contributed by atoms with E-state index in [4.69, 9.17) is 23.2 Å². The average Bonchev–Trinajstić information content (AvgIpc) is 2.31. The van der Waals surface area contributed by atoms with Gasteiger partial charge in [-0.1, -0.05) is 11.6 Å². The van der Waals surface area contributed by atoms with Gasteiger partial charge in [0.25, 0.3) is 5.91 Å². The molecule has 7 heteroatoms. The summed E-state index contributed by atoms with van der Waals surface area (Å²) in [6, 6.07) is 5.90. The van der Waals surface area contributed by atoms with Crippen molar-refractivity contribution < 1.29 is 9.90 Å². The van der Waals surface area contributed by atoms with Crippen LogP contribution in [0.1, 0.15) is 15.9 Å². The molecule has 2 N–H and O–H groups in total. The molecule has 0 aliphatic carbocycles. The molecule has 0 fully saturated rings. The number of hydrogen-bond donors (Lipinski definition) is 2. The Bertz CT molecular complexity index is 627. The van der Waals surface area contributed by atoms with E-state index in [2.05, 4.69) is 15.3 Å². The van der Waals surface area contributed by atoms with Gasteiger partial charge in [0.1, 0.15) is 16.7 Å². The van der Waals surface area contributed by atoms with Crippen LogP contribution in [0.4, 0.5) is 5.82 Å². The van der Waals surface area contributed by atoms with Gasteiger partial charge in [0.2, 0.25) is 5.28 Å². The molecule has 5 nitrogen and oxygen atoms in total. The minimum atomic E-state index is -0.381. The van der Waals surface area contributed by atoms with Crippen molar-refractivity contribution in [2.45, 2.75) is 6.92 Å². The second kappa shape index (κ2) is 5.42. The number of carbonyl (C=O) groups excluding carboxylic acids is 1. The van der Waals surface area contributed by atoms with Gasteiger partial charge in [-0.25, -0.2) is 9.97 Å². The molecule has 1 aromatic carbocycles. The van der Waals surface area contributed by atoms with E-state index in [0.717, 1.165) is 0 Å². The van der Waals surface area contributed by atoms with Gasteiger partial charge in [-0.05, 0) is 42.3 Å². The second-order valence-corrected chi connectivity index (χ2v) is 4.53. The van der Waals surface area contributed by atoms with Crippen LogP contribution in [0.5, 0.6) is 5.75 Å². The molecule has 1 aromatic heterocycles. The van der Waals surface area contributed by atoms with Gasteiger partial charge >= 0.3 is 0 Å². The molecular formula is C12H9Cl2N3O2. The maximum atomic E-state index is 12.0. The monoisotopic (exact) mass is 297 g/mol. The number of hydrogen-bond acceptors (Lipinski definition) is 4. The van der Waals surface area contributed by atoms with Crippen molar-refractivity contribution in [3.05, 3.63) is 45.8 Å². The van der Waals surface area contributed by atoms with Crippen LogP contribution in [0.2, 0.25) is 10.4 Å². The molecule has 0 saturated heterocycles. The standard InChI is InChI=1S/C12H9Cl2N3O2/c1-6-4-7(2-3-8(6)18)11(19)16-10-5-9(13)15-12(14)17-10/h2-5,18H,1H3,(H,15,16,17,19). The van der Waals surface area contributed by atoms with E-state index < -0.39 is 0 Å². The minimum Gasteiger partial charge on any atom is -0.508 e. The summed E-state index contributed by atoms with van der Waals surface area (Å²) < 4.78 is 0. The van der Waals surface area contributed by atoms with Crippen molar-refractivity contribution in [2.24, 2.45) is 0 Å². The van der Waals surface area contributed by atoms with Crippen LogP contribution in [0.25, 0.3) is 0 Å². The first-order valence-electron chi connectivity index (χ1n) is 5.27. The Labute approximate surface area is 119 Å². The molecule has 2 rings (SSSR count). The molecule has 0 aliphatic rings. The van der Waals surface area contributed by atoms with Gasteiger partial charge in [-0.3, -0.25) is 4.79 Å². The number of aromatic nitrogens is 2. The number of halogens is 2. The number of carbonyl (C=O) groups is 1. The largest absolute Gasteiger partial charge is 0.508 e. The summed E-state index contributed by atoms with van der Waals surface area (Å²) in [5.41, 5.74) is 0.993. The number of phenols is 1. The van der Waals surface area contributed by atoms with Crippen LogP contribution < -0.4 is 5.32 Å². The van der Waals surface area contributed by atoms with Crippen molar-refractivity contribution in [3.8, 4) is 5.75 Å². The van der Waals surface area contributed by atoms with E-state index in [1.54, 1.807) is 13.0 Å². The van der Waals surface area contributed by atoms with Gasteiger partial charge in [0, 0.05) is 11.6 Å². The number of phenolic OH excluding ortho intramolecular Hbond substituents is 1. The number of aryl methyl sites for hydroxylation is 1. The molecule has 0 unspecified atom stereocenters. The first-order valence-corrected chi connectivity index (χ1v) is 6.02. The Morgan fingerprint density at radius 3 is 2.63 bits per heavy atom. The topological polar surface area (TPSA) is 75.1 Å². The Morgan fingerprint density at radius 2 is 2.00 bits per heavy atom. The highest BCUT2D eigenvalue weighted by atomic mass is 35.5. The first-order chi connectivity index (χ1) is 8.95. The Hall–Kier alpha value is -1.85. The molecule has 2 aromatic rings. The summed E-state index contributed by atoms with van der Waals surface area (Å²) in [5.74, 6) is -0.0423. The molecule has 0 radical (unpaired) electrons. The molecule has 0 aliphatic heterocycles. The van der Waals surface area contributed by atoms with Crippen LogP contribution in [-0.2, 0) is 0 Å². The maximum absolute atomic E-state index is 12.0. The molecule has 0 saturated carbocycles. The lowest BCUT2D eigenvalue weighted by Crippen LogP contribution is -2.13. The Kier molecular flexibility index (Phi) is 3.87. The number of nitrogens with zero attached hydrogens (tertiary/aromatic N) is 2. The molecule has 0 bridgehead atoms. The zero-order valence-electron chi connectivity index (χ0n) is 9.82. The summed E-state index contributed by atoms with van der Waals surface area (Å²) in [4.78, 5) is 19.5. The van der Waals surface area contributed by atoms with Crippen molar-refractivity contribution in [3.63, 3.8) is 0 Å². The highest BCUT2D eigenvalue weighted by Gasteiger charge is 2.10. The fraction of sp³-hybridized carbons (Fsp3) is 0.0833. The third-order valence-electron chi connectivity index (χ3n) is 2.37. The van der Waals surface area contributed by atoms with Crippen molar-refractivity contribution in [1.82, 2.24) is 9.97 Å². The number of benzene rings is 1. The van der Waals surface area contributed by atoms with E-state index in [1.165, 1.54) is 18.2 Å². The smallest absolute Gasteiger partial charge is 0.256 e. The third kappa shape index (κ3) is 3.33. The molecule has 1 amide bonds. The second-order valence-electron chi connectivity index (χ2n) is 3.80. The molecular weight excluding hydrogens is 289 g/mol. The predicted octanol–water partition coefficient (Wildman–Crippen LogP) is 3.05. The van der Waals surface area contributed by atoms with Gasteiger partial charge in [-0.15, -0.1) is 0 Å². The Morgan fingerprint density at radius 1 is 1.26 bits per heavy atom. The summed E-state index contributed by atoms with van der Waals surface area (Å²) in [5, 5.41) is 12.0. The van der Waals surface area contributed by atoms with E-state index >= 15 is 0 Å². The van der Waals surface area contributed by atoms with Crippen LogP contribution >= 0.6 is 23.2 Å². The van der Waals surface area contributed by atoms with E-state index in [9.17, 15) is 9.90 Å². The fourth-order valence-electron chi connectivity index (χ4n) is 1.44. The zero-order valence-corrected chi connectivity index (χ0v) is 11.3. The van der Waals surface area contributed by atoms with Gasteiger partial charge in [0.15, 0.2) is 0 Å². The van der Waals surface area contributed by atoms with Gasteiger partial charge in [0.05, 0.1) is 0 Å². The summed E-state index contributed by atoms with van der Waals surface area (Å²) in [7, 11) is 0. The third-order valence-corrected chi connectivity index (χ3v) is 2.73. The number of anilines is 1. The molecule has 1 heterocycles. The zero-order chi connectivity index (χ0) is 14.0. The molecule has 0 atom stereocenters. The van der Waals surface area contributed by atoms with Crippen LogP contribution in [0, 0.1) is 6.92 Å². The maximum Gasteiger partial charge on any atom is 0.256 e. The predicted molar refractivity (Wildman–Crippen MR) is 72.8 cm³/mol. The summed E-state index contributed by atoms with van der Waals surface area (Å²) in [6.07, 6.45) is 0. The Balaban J connectivity index is 2.22. The molecule has 19 heavy (non-hydrogen) atoms. The molecule has 98 valence electrons. The van der Waals surface area contributed by atoms with Gasteiger partial charge in [-0.2, -0.15) is 0 Å². The average molecular weight is 298 g/mol. The minimum absolute atomic E-state index is 0.0512. The van der Waals surface area contributed by atoms with Crippen LogP contribution in [0.3, 0.4) is 0 Å².